The van der Waals surface area contributed by atoms with Crippen LogP contribution in [0.2, 0.25) is 0 Å². The van der Waals surface area contributed by atoms with Gasteiger partial charge in [-0.25, -0.2) is 4.98 Å². The maximum absolute atomic E-state index is 5.53. The number of rotatable bonds is 5. The molecule has 0 fully saturated rings. The standard InChI is InChI=1S/C15H16N2OS2/c1-10-7-17-15(18-10)11(2)16-8-13-6-12(9-20-13)14-4-3-5-19-14/h3-7,9,11,16H,8H2,1-2H3. The average molecular weight is 304 g/mol. The van der Waals surface area contributed by atoms with Gasteiger partial charge in [-0.05, 0) is 36.7 Å². The lowest BCUT2D eigenvalue weighted by atomic mass is 10.2. The summed E-state index contributed by atoms with van der Waals surface area (Å²) in [6.45, 7) is 4.81. The van der Waals surface area contributed by atoms with Crippen molar-refractivity contribution in [3.05, 3.63) is 51.7 Å². The highest BCUT2D eigenvalue weighted by atomic mass is 32.1. The van der Waals surface area contributed by atoms with Crippen LogP contribution in [0.4, 0.5) is 0 Å². The van der Waals surface area contributed by atoms with Crippen LogP contribution >= 0.6 is 22.7 Å². The summed E-state index contributed by atoms with van der Waals surface area (Å²) >= 11 is 3.56. The Morgan fingerprint density at radius 3 is 3.00 bits per heavy atom. The quantitative estimate of drug-likeness (QED) is 0.747. The molecule has 3 aromatic rings. The Bertz CT molecular complexity index is 670. The van der Waals surface area contributed by atoms with Crippen molar-refractivity contribution >= 4 is 22.7 Å². The van der Waals surface area contributed by atoms with Crippen LogP contribution in [0.3, 0.4) is 0 Å². The molecule has 1 N–H and O–H groups in total. The predicted molar refractivity (Wildman–Crippen MR) is 84.1 cm³/mol. The molecule has 0 aliphatic carbocycles. The third-order valence-electron chi connectivity index (χ3n) is 3.05. The number of nitrogens with zero attached hydrogens (tertiary/aromatic N) is 1. The van der Waals surface area contributed by atoms with E-state index in [0.29, 0.717) is 0 Å². The van der Waals surface area contributed by atoms with E-state index >= 15 is 0 Å². The Morgan fingerprint density at radius 1 is 1.40 bits per heavy atom. The van der Waals surface area contributed by atoms with Crippen LogP contribution in [0.25, 0.3) is 10.4 Å². The Kier molecular flexibility index (Phi) is 4.00. The molecule has 3 aromatic heterocycles. The van der Waals surface area contributed by atoms with Gasteiger partial charge in [0.15, 0.2) is 0 Å². The first-order valence-electron chi connectivity index (χ1n) is 6.49. The van der Waals surface area contributed by atoms with Crippen LogP contribution < -0.4 is 5.32 Å². The van der Waals surface area contributed by atoms with Gasteiger partial charge >= 0.3 is 0 Å². The lowest BCUT2D eigenvalue weighted by molar-refractivity contribution is 0.403. The molecule has 1 atom stereocenters. The van der Waals surface area contributed by atoms with Crippen molar-refractivity contribution in [2.45, 2.75) is 26.4 Å². The van der Waals surface area contributed by atoms with Crippen molar-refractivity contribution < 1.29 is 4.42 Å². The number of thiophene rings is 2. The zero-order valence-corrected chi connectivity index (χ0v) is 13.1. The molecule has 0 aliphatic heterocycles. The zero-order valence-electron chi connectivity index (χ0n) is 11.4. The second-order valence-electron chi connectivity index (χ2n) is 4.69. The summed E-state index contributed by atoms with van der Waals surface area (Å²) in [7, 11) is 0. The molecule has 3 rings (SSSR count). The molecule has 5 heteroatoms. The summed E-state index contributed by atoms with van der Waals surface area (Å²) in [4.78, 5) is 6.90. The molecule has 0 bridgehead atoms. The molecular weight excluding hydrogens is 288 g/mol. The monoisotopic (exact) mass is 304 g/mol. The van der Waals surface area contributed by atoms with Gasteiger partial charge in [-0.1, -0.05) is 6.07 Å². The van der Waals surface area contributed by atoms with Crippen molar-refractivity contribution in [2.75, 3.05) is 0 Å². The summed E-state index contributed by atoms with van der Waals surface area (Å²) < 4.78 is 5.53. The molecule has 3 heterocycles. The fraction of sp³-hybridized carbons (Fsp3) is 0.267. The van der Waals surface area contributed by atoms with Crippen molar-refractivity contribution in [1.82, 2.24) is 10.3 Å². The SMILES string of the molecule is Cc1cnc(C(C)NCc2cc(-c3cccs3)cs2)o1. The van der Waals surface area contributed by atoms with E-state index in [2.05, 4.69) is 46.2 Å². The highest BCUT2D eigenvalue weighted by Crippen LogP contribution is 2.29. The van der Waals surface area contributed by atoms with Gasteiger partial charge in [-0.3, -0.25) is 0 Å². The van der Waals surface area contributed by atoms with E-state index in [1.54, 1.807) is 28.9 Å². The average Bonchev–Trinajstić information content (AvgIpc) is 3.16. The van der Waals surface area contributed by atoms with E-state index in [-0.39, 0.29) is 6.04 Å². The lowest BCUT2D eigenvalue weighted by Gasteiger charge is -2.08. The summed E-state index contributed by atoms with van der Waals surface area (Å²) in [6, 6.07) is 6.61. The minimum absolute atomic E-state index is 0.121. The van der Waals surface area contributed by atoms with Crippen LogP contribution in [-0.4, -0.2) is 4.98 Å². The van der Waals surface area contributed by atoms with Crippen molar-refractivity contribution in [3.63, 3.8) is 0 Å². The van der Waals surface area contributed by atoms with Gasteiger partial charge < -0.3 is 9.73 Å². The van der Waals surface area contributed by atoms with E-state index in [0.717, 1.165) is 18.2 Å². The first-order chi connectivity index (χ1) is 9.72. The van der Waals surface area contributed by atoms with Crippen LogP contribution in [0.5, 0.6) is 0 Å². The van der Waals surface area contributed by atoms with Crippen LogP contribution in [0.1, 0.15) is 29.5 Å². The maximum Gasteiger partial charge on any atom is 0.211 e. The molecule has 0 saturated heterocycles. The highest BCUT2D eigenvalue weighted by Gasteiger charge is 2.11. The molecule has 20 heavy (non-hydrogen) atoms. The molecule has 0 aliphatic rings. The van der Waals surface area contributed by atoms with Gasteiger partial charge in [-0.15, -0.1) is 22.7 Å². The Morgan fingerprint density at radius 2 is 2.30 bits per heavy atom. The molecule has 0 spiro atoms. The predicted octanol–water partition coefficient (Wildman–Crippen LogP) is 4.62. The fourth-order valence-electron chi connectivity index (χ4n) is 1.96. The number of hydrogen-bond acceptors (Lipinski definition) is 5. The van der Waals surface area contributed by atoms with Crippen LogP contribution in [-0.2, 0) is 6.54 Å². The van der Waals surface area contributed by atoms with Gasteiger partial charge in [0.1, 0.15) is 5.76 Å². The van der Waals surface area contributed by atoms with Crippen molar-refractivity contribution in [3.8, 4) is 10.4 Å². The second kappa shape index (κ2) is 5.91. The molecule has 1 unspecified atom stereocenters. The zero-order chi connectivity index (χ0) is 13.9. The minimum Gasteiger partial charge on any atom is -0.444 e. The molecule has 0 amide bonds. The number of nitrogens with one attached hydrogen (secondary N) is 1. The van der Waals surface area contributed by atoms with Gasteiger partial charge in [0, 0.05) is 21.9 Å². The third kappa shape index (κ3) is 3.00. The molecule has 104 valence electrons. The summed E-state index contributed by atoms with van der Waals surface area (Å²) in [5, 5.41) is 7.76. The number of hydrogen-bond donors (Lipinski definition) is 1. The van der Waals surface area contributed by atoms with Gasteiger partial charge in [-0.2, -0.15) is 0 Å². The first kappa shape index (κ1) is 13.5. The van der Waals surface area contributed by atoms with E-state index in [9.17, 15) is 0 Å². The maximum atomic E-state index is 5.53. The van der Waals surface area contributed by atoms with Gasteiger partial charge in [0.2, 0.25) is 5.89 Å². The Labute approximate surface area is 126 Å². The van der Waals surface area contributed by atoms with Gasteiger partial charge in [0.25, 0.3) is 0 Å². The number of oxazole rings is 1. The van der Waals surface area contributed by atoms with Gasteiger partial charge in [0.05, 0.1) is 12.2 Å². The number of aryl methyl sites for hydroxylation is 1. The van der Waals surface area contributed by atoms with E-state index in [4.69, 9.17) is 4.42 Å². The number of aromatic nitrogens is 1. The summed E-state index contributed by atoms with van der Waals surface area (Å²) in [5.41, 5.74) is 1.31. The second-order valence-corrected chi connectivity index (χ2v) is 6.63. The van der Waals surface area contributed by atoms with Crippen LogP contribution in [0.15, 0.2) is 39.6 Å². The molecule has 0 saturated carbocycles. The topological polar surface area (TPSA) is 38.1 Å². The summed E-state index contributed by atoms with van der Waals surface area (Å²) in [5.74, 6) is 1.60. The Hall–Kier alpha value is -1.43. The molecule has 3 nitrogen and oxygen atoms in total. The largest absolute Gasteiger partial charge is 0.444 e. The van der Waals surface area contributed by atoms with E-state index < -0.39 is 0 Å². The molecule has 0 radical (unpaired) electrons. The smallest absolute Gasteiger partial charge is 0.211 e. The minimum atomic E-state index is 0.121. The normalized spacial score (nSPS) is 12.7. The first-order valence-corrected chi connectivity index (χ1v) is 8.25. The lowest BCUT2D eigenvalue weighted by Crippen LogP contribution is -2.17. The van der Waals surface area contributed by atoms with E-state index in [1.165, 1.54) is 15.3 Å². The Balaban J connectivity index is 1.61. The van der Waals surface area contributed by atoms with Crippen molar-refractivity contribution in [1.29, 1.82) is 0 Å². The third-order valence-corrected chi connectivity index (χ3v) is 4.91. The fourth-order valence-corrected chi connectivity index (χ4v) is 3.58. The molecular formula is C15H16N2OS2. The highest BCUT2D eigenvalue weighted by molar-refractivity contribution is 7.14. The van der Waals surface area contributed by atoms with E-state index in [1.807, 2.05) is 6.92 Å². The van der Waals surface area contributed by atoms with Crippen LogP contribution in [0, 0.1) is 6.92 Å². The molecule has 0 aromatic carbocycles. The van der Waals surface area contributed by atoms with Crippen molar-refractivity contribution in [2.24, 2.45) is 0 Å². The summed E-state index contributed by atoms with van der Waals surface area (Å²) in [6.07, 6.45) is 1.76.